The summed E-state index contributed by atoms with van der Waals surface area (Å²) in [6.45, 7) is 4.92. The summed E-state index contributed by atoms with van der Waals surface area (Å²) in [6.07, 6.45) is 0. The number of carbonyl (C=O) groups is 1. The van der Waals surface area contributed by atoms with E-state index in [4.69, 9.17) is 23.2 Å². The van der Waals surface area contributed by atoms with Gasteiger partial charge in [0.25, 0.3) is 10.0 Å². The molecule has 0 saturated heterocycles. The maximum absolute atomic E-state index is 13.1. The molecule has 0 spiro atoms. The Labute approximate surface area is 156 Å². The Hall–Kier alpha value is -1.76. The molecule has 0 aliphatic carbocycles. The van der Waals surface area contributed by atoms with Crippen LogP contribution < -0.4 is 4.31 Å². The zero-order chi connectivity index (χ0) is 18.9. The molecule has 0 bridgehead atoms. The van der Waals surface area contributed by atoms with Gasteiger partial charge in [-0.3, -0.25) is 4.31 Å². The highest BCUT2D eigenvalue weighted by molar-refractivity contribution is 7.93. The quantitative estimate of drug-likeness (QED) is 0.810. The van der Waals surface area contributed by atoms with Crippen molar-refractivity contribution >= 4 is 44.9 Å². The highest BCUT2D eigenvalue weighted by Crippen LogP contribution is 2.32. The molecule has 0 fully saturated rings. The molecule has 2 aromatic carbocycles. The van der Waals surface area contributed by atoms with Crippen LogP contribution in [-0.2, 0) is 14.8 Å². The van der Waals surface area contributed by atoms with E-state index >= 15 is 0 Å². The van der Waals surface area contributed by atoms with Gasteiger partial charge in [-0.2, -0.15) is 0 Å². The standard InChI is InChI=1S/C17H17Cl2NO4S/c1-10-4-7-16(11(2)8-10)20(12(3)17(21)22)25(23,24)13-5-6-14(18)15(19)9-13/h4-9,12H,1-3H3,(H,21,22). The van der Waals surface area contributed by atoms with E-state index in [2.05, 4.69) is 0 Å². The van der Waals surface area contributed by atoms with Crippen LogP contribution in [0.2, 0.25) is 10.0 Å². The minimum atomic E-state index is -4.16. The first-order valence-corrected chi connectivity index (χ1v) is 9.55. The molecule has 1 N–H and O–H groups in total. The van der Waals surface area contributed by atoms with Gasteiger partial charge in [-0.25, -0.2) is 13.2 Å². The number of hydrogen-bond donors (Lipinski definition) is 1. The van der Waals surface area contributed by atoms with Crippen molar-refractivity contribution in [1.82, 2.24) is 0 Å². The molecule has 0 amide bonds. The van der Waals surface area contributed by atoms with Crippen molar-refractivity contribution in [2.24, 2.45) is 0 Å². The Morgan fingerprint density at radius 2 is 1.72 bits per heavy atom. The third-order valence-electron chi connectivity index (χ3n) is 3.75. The van der Waals surface area contributed by atoms with E-state index in [0.29, 0.717) is 11.3 Å². The fourth-order valence-electron chi connectivity index (χ4n) is 2.45. The van der Waals surface area contributed by atoms with Crippen molar-refractivity contribution in [1.29, 1.82) is 0 Å². The van der Waals surface area contributed by atoms with Crippen molar-refractivity contribution in [2.45, 2.75) is 31.7 Å². The van der Waals surface area contributed by atoms with Crippen molar-refractivity contribution in [3.05, 3.63) is 57.6 Å². The maximum Gasteiger partial charge on any atom is 0.327 e. The minimum Gasteiger partial charge on any atom is -0.480 e. The third-order valence-corrected chi connectivity index (χ3v) is 6.37. The van der Waals surface area contributed by atoms with Gasteiger partial charge < -0.3 is 5.11 Å². The second-order valence-electron chi connectivity index (χ2n) is 5.68. The summed E-state index contributed by atoms with van der Waals surface area (Å²) in [6, 6.07) is 7.69. The molecule has 2 aromatic rings. The summed E-state index contributed by atoms with van der Waals surface area (Å²) < 4.78 is 27.2. The van der Waals surface area contributed by atoms with Crippen molar-refractivity contribution < 1.29 is 18.3 Å². The lowest BCUT2D eigenvalue weighted by molar-refractivity contribution is -0.137. The second-order valence-corrected chi connectivity index (χ2v) is 8.31. The Balaban J connectivity index is 2.69. The van der Waals surface area contributed by atoms with E-state index in [1.165, 1.54) is 25.1 Å². The van der Waals surface area contributed by atoms with Gasteiger partial charge in [-0.05, 0) is 50.6 Å². The van der Waals surface area contributed by atoms with Gasteiger partial charge in [0, 0.05) is 0 Å². The Morgan fingerprint density at radius 1 is 1.08 bits per heavy atom. The Bertz CT molecular complexity index is 928. The number of carboxylic acids is 1. The Morgan fingerprint density at radius 3 is 2.24 bits per heavy atom. The molecule has 1 unspecified atom stereocenters. The molecular formula is C17H17Cl2NO4S. The number of aryl methyl sites for hydroxylation is 2. The summed E-state index contributed by atoms with van der Waals surface area (Å²) in [5.41, 5.74) is 1.89. The molecule has 0 radical (unpaired) electrons. The van der Waals surface area contributed by atoms with Crippen molar-refractivity contribution in [3.8, 4) is 0 Å². The van der Waals surface area contributed by atoms with Crippen molar-refractivity contribution in [2.75, 3.05) is 4.31 Å². The summed E-state index contributed by atoms with van der Waals surface area (Å²) in [5, 5.41) is 9.70. The zero-order valence-electron chi connectivity index (χ0n) is 13.8. The average molecular weight is 402 g/mol. The van der Waals surface area contributed by atoms with Gasteiger partial charge in [0.15, 0.2) is 0 Å². The number of carboxylic acid groups (broad SMARTS) is 1. The first-order chi connectivity index (χ1) is 11.6. The largest absolute Gasteiger partial charge is 0.480 e. The second kappa shape index (κ2) is 7.23. The van der Waals surface area contributed by atoms with Crippen LogP contribution in [0.1, 0.15) is 18.1 Å². The van der Waals surface area contributed by atoms with Crippen LogP contribution in [0.5, 0.6) is 0 Å². The lowest BCUT2D eigenvalue weighted by Gasteiger charge is -2.29. The molecule has 0 heterocycles. The van der Waals surface area contributed by atoms with Crippen LogP contribution in [0.4, 0.5) is 5.69 Å². The normalized spacial score (nSPS) is 12.7. The number of hydrogen-bond acceptors (Lipinski definition) is 3. The fraction of sp³-hybridized carbons (Fsp3) is 0.235. The number of rotatable bonds is 5. The number of anilines is 1. The molecule has 8 heteroatoms. The highest BCUT2D eigenvalue weighted by Gasteiger charge is 2.34. The summed E-state index contributed by atoms with van der Waals surface area (Å²) >= 11 is 11.8. The molecule has 25 heavy (non-hydrogen) atoms. The molecule has 0 saturated carbocycles. The van der Waals surface area contributed by atoms with Crippen LogP contribution in [-0.4, -0.2) is 25.5 Å². The van der Waals surface area contributed by atoms with Crippen LogP contribution in [0.25, 0.3) is 0 Å². The lowest BCUT2D eigenvalue weighted by Crippen LogP contribution is -2.43. The van der Waals surface area contributed by atoms with E-state index in [1.807, 2.05) is 6.92 Å². The van der Waals surface area contributed by atoms with Gasteiger partial charge >= 0.3 is 5.97 Å². The molecule has 0 aromatic heterocycles. The fourth-order valence-corrected chi connectivity index (χ4v) is 4.52. The predicted octanol–water partition coefficient (Wildman–Crippen LogP) is 4.28. The number of benzene rings is 2. The number of sulfonamides is 1. The van der Waals surface area contributed by atoms with Gasteiger partial charge in [0.1, 0.15) is 6.04 Å². The lowest BCUT2D eigenvalue weighted by atomic mass is 10.1. The summed E-state index contributed by atoms with van der Waals surface area (Å²) in [7, 11) is -4.16. The molecule has 1 atom stereocenters. The number of nitrogens with zero attached hydrogens (tertiary/aromatic N) is 1. The number of aliphatic carboxylic acids is 1. The van der Waals surface area contributed by atoms with E-state index in [-0.39, 0.29) is 14.9 Å². The Kier molecular flexibility index (Phi) is 5.66. The van der Waals surface area contributed by atoms with Crippen molar-refractivity contribution in [3.63, 3.8) is 0 Å². The number of halogens is 2. The molecule has 2 rings (SSSR count). The van der Waals surface area contributed by atoms with E-state index < -0.39 is 22.0 Å². The first kappa shape index (κ1) is 19.6. The van der Waals surface area contributed by atoms with E-state index in [9.17, 15) is 18.3 Å². The smallest absolute Gasteiger partial charge is 0.327 e. The molecule has 0 aliphatic heterocycles. The molecule has 134 valence electrons. The highest BCUT2D eigenvalue weighted by atomic mass is 35.5. The average Bonchev–Trinajstić information content (AvgIpc) is 2.51. The van der Waals surface area contributed by atoms with Crippen LogP contribution in [0.3, 0.4) is 0 Å². The van der Waals surface area contributed by atoms with Gasteiger partial charge in [0.2, 0.25) is 0 Å². The monoisotopic (exact) mass is 401 g/mol. The summed E-state index contributed by atoms with van der Waals surface area (Å²) in [4.78, 5) is 11.4. The third kappa shape index (κ3) is 3.92. The van der Waals surface area contributed by atoms with Crippen LogP contribution in [0, 0.1) is 13.8 Å². The SMILES string of the molecule is Cc1ccc(N(C(C)C(=O)O)S(=O)(=O)c2ccc(Cl)c(Cl)c2)c(C)c1. The van der Waals surface area contributed by atoms with E-state index in [0.717, 1.165) is 9.87 Å². The van der Waals surface area contributed by atoms with E-state index in [1.54, 1.807) is 25.1 Å². The zero-order valence-corrected chi connectivity index (χ0v) is 16.2. The van der Waals surface area contributed by atoms with Crippen LogP contribution >= 0.6 is 23.2 Å². The van der Waals surface area contributed by atoms with Gasteiger partial charge in [-0.15, -0.1) is 0 Å². The van der Waals surface area contributed by atoms with Crippen LogP contribution in [0.15, 0.2) is 41.3 Å². The molecule has 0 aliphatic rings. The molecular weight excluding hydrogens is 385 g/mol. The van der Waals surface area contributed by atoms with Gasteiger partial charge in [0.05, 0.1) is 20.6 Å². The maximum atomic E-state index is 13.1. The molecule has 5 nitrogen and oxygen atoms in total. The first-order valence-electron chi connectivity index (χ1n) is 7.35. The summed E-state index contributed by atoms with van der Waals surface area (Å²) in [5.74, 6) is -1.26. The predicted molar refractivity (Wildman–Crippen MR) is 99.1 cm³/mol. The minimum absolute atomic E-state index is 0.0753. The topological polar surface area (TPSA) is 74.7 Å². The van der Waals surface area contributed by atoms with Gasteiger partial charge in [-0.1, -0.05) is 40.9 Å².